The normalized spacial score (nSPS) is 23.1. The van der Waals surface area contributed by atoms with Crippen molar-refractivity contribution in [1.82, 2.24) is 14.7 Å². The predicted molar refractivity (Wildman–Crippen MR) is 122 cm³/mol. The summed E-state index contributed by atoms with van der Waals surface area (Å²) < 4.78 is 16.4. The zero-order valence-corrected chi connectivity index (χ0v) is 18.4. The van der Waals surface area contributed by atoms with Crippen LogP contribution >= 0.6 is 0 Å². The van der Waals surface area contributed by atoms with E-state index in [0.717, 1.165) is 19.3 Å². The van der Waals surface area contributed by atoms with E-state index < -0.39 is 11.9 Å². The summed E-state index contributed by atoms with van der Waals surface area (Å²) in [7, 11) is 0. The Morgan fingerprint density at radius 3 is 2.65 bits per heavy atom. The van der Waals surface area contributed by atoms with E-state index in [1.807, 2.05) is 0 Å². The summed E-state index contributed by atoms with van der Waals surface area (Å²) in [5.74, 6) is -1.20. The summed E-state index contributed by atoms with van der Waals surface area (Å²) in [5, 5.41) is 7.56. The molecule has 2 heterocycles. The number of halogens is 1. The van der Waals surface area contributed by atoms with Gasteiger partial charge >= 0.3 is 0 Å². The van der Waals surface area contributed by atoms with E-state index in [-0.39, 0.29) is 53.4 Å². The van der Waals surface area contributed by atoms with Crippen molar-refractivity contribution in [2.24, 2.45) is 11.7 Å². The number of fused-ring (bicyclic) bond motifs is 2. The van der Waals surface area contributed by atoms with Crippen molar-refractivity contribution in [1.29, 1.82) is 0 Å². The van der Waals surface area contributed by atoms with E-state index >= 15 is 0 Å². The number of nitrogens with one attached hydrogen (secondary N) is 1. The largest absolute Gasteiger partial charge is 0.364 e. The number of carbonyl (C=O) groups excluding carboxylic acids is 3. The number of anilines is 1. The molecule has 3 N–H and O–H groups in total. The molecule has 3 aromatic rings. The van der Waals surface area contributed by atoms with Crippen LogP contribution in [0.3, 0.4) is 0 Å². The average Bonchev–Trinajstić information content (AvgIpc) is 3.74. The van der Waals surface area contributed by atoms with Crippen LogP contribution in [0.4, 0.5) is 10.1 Å². The van der Waals surface area contributed by atoms with Crippen LogP contribution in [-0.2, 0) is 16.1 Å². The number of carbonyl (C=O) groups is 3. The lowest BCUT2D eigenvalue weighted by atomic mass is 10.1. The maximum Gasteiger partial charge on any atom is 0.269 e. The quantitative estimate of drug-likeness (QED) is 0.588. The van der Waals surface area contributed by atoms with E-state index in [9.17, 15) is 18.8 Å². The SMILES string of the molecule is NC(=O)c1nn(CC(=O)N2[C@@H]3C[C@@H]3C[C@H]2C(=O)Nc2cccc(C3CC3)c2F)c2ccccc12. The van der Waals surface area contributed by atoms with E-state index in [1.165, 1.54) is 4.68 Å². The second kappa shape index (κ2) is 7.65. The monoisotopic (exact) mass is 461 g/mol. The number of primary amides is 1. The average molecular weight is 461 g/mol. The standard InChI is InChI=1S/C25H24FN5O3/c26-22-15(13-8-9-13)5-3-6-17(22)28-25(34)20-11-14-10-19(14)31(20)21(32)12-30-18-7-2-1-4-16(18)23(29-30)24(27)33/h1-7,13-14,19-20H,8-12H2,(H2,27,33)(H,28,34)/t14-,19-,20+/m1/s1. The number of aromatic nitrogens is 2. The molecule has 3 fully saturated rings. The first kappa shape index (κ1) is 20.8. The van der Waals surface area contributed by atoms with Gasteiger partial charge in [-0.3, -0.25) is 19.1 Å². The molecule has 34 heavy (non-hydrogen) atoms. The van der Waals surface area contributed by atoms with Gasteiger partial charge in [0.25, 0.3) is 5.91 Å². The van der Waals surface area contributed by atoms with E-state index in [1.54, 1.807) is 47.4 Å². The topological polar surface area (TPSA) is 110 Å². The molecule has 8 nitrogen and oxygen atoms in total. The highest BCUT2D eigenvalue weighted by Crippen LogP contribution is 2.48. The van der Waals surface area contributed by atoms with Crippen LogP contribution in [0, 0.1) is 11.7 Å². The summed E-state index contributed by atoms with van der Waals surface area (Å²) in [5.41, 5.74) is 6.98. The molecule has 2 aliphatic carbocycles. The molecule has 1 aliphatic heterocycles. The fraction of sp³-hybridized carbons (Fsp3) is 0.360. The Labute approximate surface area is 194 Å². The number of rotatable bonds is 6. The van der Waals surface area contributed by atoms with Gasteiger partial charge in [0.1, 0.15) is 18.4 Å². The molecule has 2 saturated carbocycles. The third-order valence-corrected chi connectivity index (χ3v) is 7.18. The molecule has 0 unspecified atom stereocenters. The Kier molecular flexibility index (Phi) is 4.68. The number of nitrogens with zero attached hydrogens (tertiary/aromatic N) is 3. The van der Waals surface area contributed by atoms with Gasteiger partial charge in [-0.25, -0.2) is 4.39 Å². The number of piperidine rings is 1. The molecule has 0 spiro atoms. The van der Waals surface area contributed by atoms with Crippen molar-refractivity contribution in [3.8, 4) is 0 Å². The second-order valence-electron chi connectivity index (χ2n) is 9.48. The summed E-state index contributed by atoms with van der Waals surface area (Å²) in [4.78, 5) is 39.9. The molecule has 1 aromatic heterocycles. The van der Waals surface area contributed by atoms with Gasteiger partial charge in [-0.2, -0.15) is 5.10 Å². The number of hydrogen-bond donors (Lipinski definition) is 2. The fourth-order valence-electron chi connectivity index (χ4n) is 5.26. The number of amides is 3. The van der Waals surface area contributed by atoms with Gasteiger partial charge in [-0.1, -0.05) is 30.3 Å². The Balaban J connectivity index is 1.23. The maximum absolute atomic E-state index is 14.9. The van der Waals surface area contributed by atoms with Gasteiger partial charge < -0.3 is 16.0 Å². The lowest BCUT2D eigenvalue weighted by molar-refractivity contribution is -0.138. The first-order valence-corrected chi connectivity index (χ1v) is 11.6. The van der Waals surface area contributed by atoms with Crippen molar-refractivity contribution in [3.63, 3.8) is 0 Å². The van der Waals surface area contributed by atoms with Gasteiger partial charge in [0.15, 0.2) is 5.69 Å². The van der Waals surface area contributed by atoms with E-state index in [2.05, 4.69) is 10.4 Å². The predicted octanol–water partition coefficient (Wildman–Crippen LogP) is 2.78. The number of para-hydroxylation sites is 1. The third-order valence-electron chi connectivity index (χ3n) is 7.18. The molecule has 0 radical (unpaired) electrons. The maximum atomic E-state index is 14.9. The number of hydrogen-bond acceptors (Lipinski definition) is 4. The van der Waals surface area contributed by atoms with Crippen molar-refractivity contribution in [2.45, 2.75) is 50.2 Å². The van der Waals surface area contributed by atoms with Gasteiger partial charge in [-0.05, 0) is 55.2 Å². The summed E-state index contributed by atoms with van der Waals surface area (Å²) >= 11 is 0. The van der Waals surface area contributed by atoms with Crippen LogP contribution in [0.25, 0.3) is 10.9 Å². The molecule has 6 rings (SSSR count). The van der Waals surface area contributed by atoms with Crippen molar-refractivity contribution in [2.75, 3.05) is 5.32 Å². The van der Waals surface area contributed by atoms with Crippen LogP contribution in [-0.4, -0.2) is 44.5 Å². The zero-order chi connectivity index (χ0) is 23.6. The number of nitrogens with two attached hydrogens (primary N) is 1. The smallest absolute Gasteiger partial charge is 0.269 e. The third kappa shape index (κ3) is 3.43. The van der Waals surface area contributed by atoms with Crippen molar-refractivity contribution in [3.05, 3.63) is 59.5 Å². The highest BCUT2D eigenvalue weighted by atomic mass is 19.1. The highest BCUT2D eigenvalue weighted by molar-refractivity contribution is 6.04. The van der Waals surface area contributed by atoms with Crippen LogP contribution in [0.2, 0.25) is 0 Å². The molecule has 3 atom stereocenters. The molecule has 3 amide bonds. The summed E-state index contributed by atoms with van der Waals surface area (Å²) in [6.45, 7) is -0.119. The number of benzene rings is 2. The first-order valence-electron chi connectivity index (χ1n) is 11.6. The fourth-order valence-corrected chi connectivity index (χ4v) is 5.26. The first-order chi connectivity index (χ1) is 16.4. The molecular formula is C25H24FN5O3. The van der Waals surface area contributed by atoms with Crippen molar-refractivity contribution >= 4 is 34.3 Å². The number of likely N-dealkylation sites (tertiary alicyclic amines) is 1. The summed E-state index contributed by atoms with van der Waals surface area (Å²) in [6.07, 6.45) is 3.33. The lowest BCUT2D eigenvalue weighted by Gasteiger charge is -2.27. The van der Waals surface area contributed by atoms with Gasteiger partial charge in [-0.15, -0.1) is 0 Å². The molecular weight excluding hydrogens is 437 g/mol. The minimum atomic E-state index is -0.669. The van der Waals surface area contributed by atoms with Gasteiger partial charge in [0, 0.05) is 11.4 Å². The van der Waals surface area contributed by atoms with Crippen LogP contribution in [0.15, 0.2) is 42.5 Å². The van der Waals surface area contributed by atoms with Crippen LogP contribution < -0.4 is 11.1 Å². The van der Waals surface area contributed by atoms with E-state index in [4.69, 9.17) is 5.73 Å². The zero-order valence-electron chi connectivity index (χ0n) is 18.4. The molecule has 9 heteroatoms. The Hall–Kier alpha value is -3.75. The Morgan fingerprint density at radius 2 is 1.88 bits per heavy atom. The molecule has 2 aromatic carbocycles. The van der Waals surface area contributed by atoms with Crippen molar-refractivity contribution < 1.29 is 18.8 Å². The van der Waals surface area contributed by atoms with Crippen LogP contribution in [0.5, 0.6) is 0 Å². The molecule has 1 saturated heterocycles. The van der Waals surface area contributed by atoms with Gasteiger partial charge in [0.2, 0.25) is 11.8 Å². The lowest BCUT2D eigenvalue weighted by Crippen LogP contribution is -2.46. The second-order valence-corrected chi connectivity index (χ2v) is 9.48. The minimum absolute atomic E-state index is 0.00309. The van der Waals surface area contributed by atoms with Crippen LogP contribution in [0.1, 0.15) is 47.7 Å². The Morgan fingerprint density at radius 1 is 1.09 bits per heavy atom. The minimum Gasteiger partial charge on any atom is -0.364 e. The molecule has 3 aliphatic rings. The Bertz CT molecular complexity index is 1350. The molecule has 174 valence electrons. The van der Waals surface area contributed by atoms with Gasteiger partial charge in [0.05, 0.1) is 11.2 Å². The molecule has 0 bridgehead atoms. The van der Waals surface area contributed by atoms with E-state index in [0.29, 0.717) is 22.9 Å². The highest BCUT2D eigenvalue weighted by Gasteiger charge is 2.56. The summed E-state index contributed by atoms with van der Waals surface area (Å²) in [6, 6.07) is 11.5.